The van der Waals surface area contributed by atoms with Crippen LogP contribution in [0.15, 0.2) is 24.3 Å². The summed E-state index contributed by atoms with van der Waals surface area (Å²) >= 11 is 9.29. The Balaban J connectivity index is 2.66. The van der Waals surface area contributed by atoms with E-state index in [1.54, 1.807) is 0 Å². The van der Waals surface area contributed by atoms with Gasteiger partial charge in [-0.05, 0) is 31.7 Å². The highest BCUT2D eigenvalue weighted by molar-refractivity contribution is 9.10. The van der Waals surface area contributed by atoms with Gasteiger partial charge < -0.3 is 4.74 Å². The molecule has 0 bridgehead atoms. The van der Waals surface area contributed by atoms with E-state index in [2.05, 4.69) is 32.5 Å². The summed E-state index contributed by atoms with van der Waals surface area (Å²) in [5, 5.41) is 0.719. The van der Waals surface area contributed by atoms with Gasteiger partial charge in [-0.25, -0.2) is 0 Å². The molecule has 1 rings (SSSR count). The molecular weight excluding hydrogens is 318 g/mol. The molecule has 0 radical (unpaired) electrons. The summed E-state index contributed by atoms with van der Waals surface area (Å²) < 4.78 is 4.68. The van der Waals surface area contributed by atoms with Crippen LogP contribution in [0.1, 0.15) is 18.5 Å². The van der Waals surface area contributed by atoms with Gasteiger partial charge in [0.15, 0.2) is 0 Å². The Morgan fingerprint density at radius 3 is 2.78 bits per heavy atom. The van der Waals surface area contributed by atoms with Crippen molar-refractivity contribution in [3.8, 4) is 0 Å². The quantitative estimate of drug-likeness (QED) is 0.611. The van der Waals surface area contributed by atoms with Crippen LogP contribution in [0.2, 0.25) is 5.02 Å². The van der Waals surface area contributed by atoms with Gasteiger partial charge in [0.25, 0.3) is 0 Å². The number of esters is 1. The highest BCUT2D eigenvalue weighted by Crippen LogP contribution is 2.22. The summed E-state index contributed by atoms with van der Waals surface area (Å²) in [7, 11) is 3.35. The van der Waals surface area contributed by atoms with Crippen LogP contribution in [-0.2, 0) is 9.53 Å². The first kappa shape index (κ1) is 15.5. The van der Waals surface area contributed by atoms with Crippen molar-refractivity contribution >= 4 is 33.5 Å². The first-order chi connectivity index (χ1) is 8.45. The number of alkyl halides is 1. The van der Waals surface area contributed by atoms with Crippen molar-refractivity contribution in [2.45, 2.75) is 17.8 Å². The molecule has 100 valence electrons. The molecule has 2 atom stereocenters. The normalized spacial score (nSPS) is 14.3. The van der Waals surface area contributed by atoms with Crippen molar-refractivity contribution in [2.75, 3.05) is 20.7 Å². The van der Waals surface area contributed by atoms with Gasteiger partial charge in [-0.1, -0.05) is 39.7 Å². The zero-order valence-electron chi connectivity index (χ0n) is 10.7. The lowest BCUT2D eigenvalue weighted by Gasteiger charge is -2.26. The van der Waals surface area contributed by atoms with E-state index in [4.69, 9.17) is 11.6 Å². The largest absolute Gasteiger partial charge is 0.468 e. The minimum atomic E-state index is -0.325. The Morgan fingerprint density at radius 2 is 2.22 bits per heavy atom. The molecule has 0 aliphatic heterocycles. The van der Waals surface area contributed by atoms with Gasteiger partial charge in [0.2, 0.25) is 0 Å². The molecule has 1 aromatic rings. The van der Waals surface area contributed by atoms with Gasteiger partial charge >= 0.3 is 5.97 Å². The number of rotatable bonds is 5. The molecule has 0 aliphatic carbocycles. The maximum Gasteiger partial charge on any atom is 0.320 e. The lowest BCUT2D eigenvalue weighted by molar-refractivity contribution is -0.140. The van der Waals surface area contributed by atoms with Crippen LogP contribution < -0.4 is 0 Å². The van der Waals surface area contributed by atoms with E-state index in [1.165, 1.54) is 7.11 Å². The average Bonchev–Trinajstić information content (AvgIpc) is 2.36. The van der Waals surface area contributed by atoms with Gasteiger partial charge in [-0.15, -0.1) is 0 Å². The Labute approximate surface area is 121 Å². The predicted octanol–water partition coefficient (Wildman–Crippen LogP) is 3.27. The number of hydrogen-bond acceptors (Lipinski definition) is 3. The summed E-state index contributed by atoms with van der Waals surface area (Å²) in [6.45, 7) is 2.64. The van der Waals surface area contributed by atoms with Crippen LogP contribution in [0.25, 0.3) is 0 Å². The molecule has 2 unspecified atom stereocenters. The lowest BCUT2D eigenvalue weighted by atomic mass is 10.1. The van der Waals surface area contributed by atoms with E-state index in [1.807, 2.05) is 31.3 Å². The maximum atomic E-state index is 11.3. The van der Waals surface area contributed by atoms with Crippen LogP contribution in [0.5, 0.6) is 0 Å². The molecule has 18 heavy (non-hydrogen) atoms. The monoisotopic (exact) mass is 333 g/mol. The number of carbonyl (C=O) groups is 1. The number of nitrogens with zero attached hydrogens (tertiary/aromatic N) is 1. The van der Waals surface area contributed by atoms with Gasteiger partial charge in [0.1, 0.15) is 4.83 Å². The molecule has 1 aromatic carbocycles. The third-order valence-electron chi connectivity index (χ3n) is 2.90. The van der Waals surface area contributed by atoms with Crippen LogP contribution in [0.3, 0.4) is 0 Å². The smallest absolute Gasteiger partial charge is 0.320 e. The molecule has 0 spiro atoms. The van der Waals surface area contributed by atoms with Gasteiger partial charge in [-0.3, -0.25) is 9.69 Å². The Morgan fingerprint density at radius 1 is 1.56 bits per heavy atom. The Hall–Kier alpha value is -0.580. The first-order valence-corrected chi connectivity index (χ1v) is 6.92. The second-order valence-electron chi connectivity index (χ2n) is 4.16. The number of methoxy groups -OCH3 is 1. The fraction of sp³-hybridized carbons (Fsp3) is 0.462. The summed E-state index contributed by atoms with van der Waals surface area (Å²) in [5.41, 5.74) is 1.12. The van der Waals surface area contributed by atoms with Gasteiger partial charge in [0.05, 0.1) is 7.11 Å². The second kappa shape index (κ2) is 7.12. The SMILES string of the molecule is COC(=O)C(Br)CN(C)C(C)c1cccc(Cl)c1. The van der Waals surface area contributed by atoms with E-state index in [0.29, 0.717) is 6.54 Å². The fourth-order valence-corrected chi connectivity index (χ4v) is 2.48. The molecule has 0 heterocycles. The van der Waals surface area contributed by atoms with E-state index in [0.717, 1.165) is 10.6 Å². The minimum absolute atomic E-state index is 0.174. The van der Waals surface area contributed by atoms with Crippen molar-refractivity contribution in [3.05, 3.63) is 34.9 Å². The molecule has 5 heteroatoms. The third kappa shape index (κ3) is 4.26. The van der Waals surface area contributed by atoms with Crippen LogP contribution in [-0.4, -0.2) is 36.4 Å². The molecule has 0 fully saturated rings. The molecule has 0 saturated carbocycles. The molecule has 0 aromatic heterocycles. The van der Waals surface area contributed by atoms with Crippen LogP contribution in [0.4, 0.5) is 0 Å². The van der Waals surface area contributed by atoms with Crippen LogP contribution >= 0.6 is 27.5 Å². The van der Waals surface area contributed by atoms with E-state index in [9.17, 15) is 4.79 Å². The number of hydrogen-bond donors (Lipinski definition) is 0. The van der Waals surface area contributed by atoms with Crippen molar-refractivity contribution < 1.29 is 9.53 Å². The topological polar surface area (TPSA) is 29.5 Å². The predicted molar refractivity (Wildman–Crippen MR) is 77.2 cm³/mol. The standard InChI is InChI=1S/C13H17BrClNO2/c1-9(10-5-4-6-11(15)7-10)16(2)8-12(14)13(17)18-3/h4-7,9,12H,8H2,1-3H3. The van der Waals surface area contributed by atoms with Gasteiger partial charge in [0, 0.05) is 17.6 Å². The highest BCUT2D eigenvalue weighted by atomic mass is 79.9. The van der Waals surface area contributed by atoms with Crippen molar-refractivity contribution in [3.63, 3.8) is 0 Å². The molecular formula is C13H17BrClNO2. The zero-order valence-corrected chi connectivity index (χ0v) is 13.0. The summed E-state index contributed by atoms with van der Waals surface area (Å²) in [6, 6.07) is 7.90. The minimum Gasteiger partial charge on any atom is -0.468 e. The zero-order chi connectivity index (χ0) is 13.7. The second-order valence-corrected chi connectivity index (χ2v) is 5.70. The Kier molecular flexibility index (Phi) is 6.12. The Bertz CT molecular complexity index is 414. The summed E-state index contributed by atoms with van der Waals surface area (Å²) in [6.07, 6.45) is 0. The molecule has 0 amide bonds. The average molecular weight is 335 g/mol. The number of benzene rings is 1. The highest BCUT2D eigenvalue weighted by Gasteiger charge is 2.20. The summed E-state index contributed by atoms with van der Waals surface area (Å²) in [4.78, 5) is 13.1. The van der Waals surface area contributed by atoms with Gasteiger partial charge in [-0.2, -0.15) is 0 Å². The van der Waals surface area contributed by atoms with E-state index >= 15 is 0 Å². The fourth-order valence-electron chi connectivity index (χ4n) is 1.63. The number of carbonyl (C=O) groups excluding carboxylic acids is 1. The molecule has 0 saturated heterocycles. The maximum absolute atomic E-state index is 11.3. The van der Waals surface area contributed by atoms with Crippen molar-refractivity contribution in [2.24, 2.45) is 0 Å². The first-order valence-electron chi connectivity index (χ1n) is 5.63. The third-order valence-corrected chi connectivity index (χ3v) is 3.80. The lowest BCUT2D eigenvalue weighted by Crippen LogP contribution is -2.33. The molecule has 0 N–H and O–H groups in total. The number of halogens is 2. The van der Waals surface area contributed by atoms with Crippen molar-refractivity contribution in [1.29, 1.82) is 0 Å². The number of ether oxygens (including phenoxy) is 1. The molecule has 3 nitrogen and oxygen atoms in total. The van der Waals surface area contributed by atoms with Crippen LogP contribution in [0, 0.1) is 0 Å². The van der Waals surface area contributed by atoms with E-state index in [-0.39, 0.29) is 16.8 Å². The van der Waals surface area contributed by atoms with E-state index < -0.39 is 0 Å². The molecule has 0 aliphatic rings. The summed E-state index contributed by atoms with van der Waals surface area (Å²) in [5.74, 6) is -0.264. The van der Waals surface area contributed by atoms with Crippen molar-refractivity contribution in [1.82, 2.24) is 4.90 Å².